The topological polar surface area (TPSA) is 94.0 Å². The molecule has 1 aromatic heterocycles. The smallest absolute Gasteiger partial charge is 0.320 e. The molecule has 0 aliphatic carbocycles. The molecule has 0 spiro atoms. The molecule has 1 aromatic carbocycles. The first kappa shape index (κ1) is 14.5. The summed E-state index contributed by atoms with van der Waals surface area (Å²) in [7, 11) is 1.89. The second-order valence-corrected chi connectivity index (χ2v) is 5.42. The molecule has 0 amide bonds. The zero-order valence-corrected chi connectivity index (χ0v) is 11.9. The van der Waals surface area contributed by atoms with Crippen molar-refractivity contribution in [1.29, 1.82) is 0 Å². The second kappa shape index (κ2) is 6.53. The zero-order valence-electron chi connectivity index (χ0n) is 11.1. The maximum absolute atomic E-state index is 10.8. The van der Waals surface area contributed by atoms with Gasteiger partial charge in [-0.3, -0.25) is 4.79 Å². The number of hydrogen-bond acceptors (Lipinski definition) is 5. The molecule has 2 rings (SSSR count). The fourth-order valence-electron chi connectivity index (χ4n) is 1.74. The van der Waals surface area contributed by atoms with Crippen LogP contribution in [0.15, 0.2) is 35.7 Å². The van der Waals surface area contributed by atoms with Gasteiger partial charge in [0.2, 0.25) is 0 Å². The number of aliphatic carboxylic acids is 1. The van der Waals surface area contributed by atoms with E-state index in [1.54, 1.807) is 18.1 Å². The summed E-state index contributed by atoms with van der Waals surface area (Å²) in [6.07, 6.45) is 1.99. The van der Waals surface area contributed by atoms with Gasteiger partial charge in [0.05, 0.1) is 0 Å². The van der Waals surface area contributed by atoms with Crippen LogP contribution in [0.2, 0.25) is 0 Å². The maximum Gasteiger partial charge on any atom is 0.320 e. The third-order valence-electron chi connectivity index (χ3n) is 2.80. The van der Waals surface area contributed by atoms with Crippen LogP contribution in [0.3, 0.4) is 0 Å². The van der Waals surface area contributed by atoms with E-state index in [0.717, 1.165) is 22.0 Å². The molecule has 6 nitrogen and oxygen atoms in total. The molecular weight excluding hydrogens is 276 g/mol. The number of hydrogen-bond donors (Lipinski definition) is 2. The normalized spacial score (nSPS) is 12.3. The monoisotopic (exact) mass is 292 g/mol. The van der Waals surface area contributed by atoms with E-state index in [4.69, 9.17) is 10.8 Å². The highest BCUT2D eigenvalue weighted by Gasteiger charge is 2.12. The molecular formula is C13H16N4O2S. The van der Waals surface area contributed by atoms with Crippen molar-refractivity contribution >= 4 is 17.7 Å². The molecule has 0 saturated heterocycles. The quantitative estimate of drug-likeness (QED) is 0.773. The van der Waals surface area contributed by atoms with Gasteiger partial charge in [0.1, 0.15) is 12.4 Å². The molecule has 1 unspecified atom stereocenters. The number of nitrogens with two attached hydrogens (primary N) is 1. The minimum atomic E-state index is -0.983. The Bertz CT molecular complexity index is 600. The first-order valence-electron chi connectivity index (χ1n) is 6.09. The number of carboxylic acids is 1. The van der Waals surface area contributed by atoms with E-state index in [9.17, 15) is 4.79 Å². The lowest BCUT2D eigenvalue weighted by Gasteiger charge is -2.08. The lowest BCUT2D eigenvalue weighted by Crippen LogP contribution is -2.32. The molecule has 106 valence electrons. The summed E-state index contributed by atoms with van der Waals surface area (Å²) < 4.78 is 1.86. The van der Waals surface area contributed by atoms with E-state index in [2.05, 4.69) is 10.2 Å². The van der Waals surface area contributed by atoms with Gasteiger partial charge in [-0.25, -0.2) is 0 Å². The Balaban J connectivity index is 1.99. The van der Waals surface area contributed by atoms with E-state index in [-0.39, 0.29) is 0 Å². The Labute approximate surface area is 121 Å². The van der Waals surface area contributed by atoms with Gasteiger partial charge in [0.15, 0.2) is 5.16 Å². The van der Waals surface area contributed by atoms with Crippen LogP contribution in [-0.4, -0.2) is 31.9 Å². The molecule has 1 atom stereocenters. The number of rotatable bonds is 6. The number of aromatic nitrogens is 3. The first-order chi connectivity index (χ1) is 9.56. The fourth-order valence-corrected chi connectivity index (χ4v) is 2.57. The van der Waals surface area contributed by atoms with E-state index in [0.29, 0.717) is 6.42 Å². The largest absolute Gasteiger partial charge is 0.480 e. The lowest BCUT2D eigenvalue weighted by molar-refractivity contribution is -0.138. The van der Waals surface area contributed by atoms with Crippen LogP contribution in [0.4, 0.5) is 0 Å². The van der Waals surface area contributed by atoms with Crippen LogP contribution >= 0.6 is 11.8 Å². The van der Waals surface area contributed by atoms with E-state index in [1.165, 1.54) is 0 Å². The summed E-state index contributed by atoms with van der Waals surface area (Å²) in [5.41, 5.74) is 7.57. The van der Waals surface area contributed by atoms with Crippen LogP contribution < -0.4 is 5.73 Å². The Morgan fingerprint density at radius 1 is 1.50 bits per heavy atom. The molecule has 1 heterocycles. The van der Waals surface area contributed by atoms with E-state index < -0.39 is 12.0 Å². The highest BCUT2D eigenvalue weighted by molar-refractivity contribution is 7.98. The molecule has 0 fully saturated rings. The van der Waals surface area contributed by atoms with Crippen molar-refractivity contribution in [2.75, 3.05) is 0 Å². The van der Waals surface area contributed by atoms with Crippen molar-refractivity contribution in [3.63, 3.8) is 0 Å². The molecule has 0 aliphatic heterocycles. The highest BCUT2D eigenvalue weighted by atomic mass is 32.2. The average Bonchev–Trinajstić information content (AvgIpc) is 2.82. The van der Waals surface area contributed by atoms with Crippen molar-refractivity contribution in [3.05, 3.63) is 41.7 Å². The Kier molecular flexibility index (Phi) is 4.75. The fraction of sp³-hybridized carbons (Fsp3) is 0.308. The molecule has 2 aromatic rings. The molecule has 0 saturated carbocycles. The van der Waals surface area contributed by atoms with Crippen molar-refractivity contribution in [2.24, 2.45) is 12.8 Å². The maximum atomic E-state index is 10.8. The van der Waals surface area contributed by atoms with Crippen LogP contribution in [0, 0.1) is 0 Å². The summed E-state index contributed by atoms with van der Waals surface area (Å²) >= 11 is 1.58. The van der Waals surface area contributed by atoms with Crippen LogP contribution in [-0.2, 0) is 24.0 Å². The minimum absolute atomic E-state index is 0.331. The van der Waals surface area contributed by atoms with Crippen molar-refractivity contribution in [2.45, 2.75) is 23.4 Å². The molecule has 20 heavy (non-hydrogen) atoms. The molecule has 0 aliphatic rings. The zero-order chi connectivity index (χ0) is 14.5. The predicted octanol–water partition coefficient (Wildman–Crippen LogP) is 1.06. The number of carboxylic acid groups (broad SMARTS) is 1. The molecule has 0 radical (unpaired) electrons. The highest BCUT2D eigenvalue weighted by Crippen LogP contribution is 2.20. The van der Waals surface area contributed by atoms with Crippen LogP contribution in [0.5, 0.6) is 0 Å². The lowest BCUT2D eigenvalue weighted by atomic mass is 10.0. The Morgan fingerprint density at radius 2 is 2.25 bits per heavy atom. The van der Waals surface area contributed by atoms with Gasteiger partial charge in [0, 0.05) is 12.8 Å². The SMILES string of the molecule is Cn1cnnc1SCc1cccc(CC(N)C(=O)O)c1. The number of thioether (sulfide) groups is 1. The molecule has 7 heteroatoms. The Morgan fingerprint density at radius 3 is 2.90 bits per heavy atom. The van der Waals surface area contributed by atoms with Crippen LogP contribution in [0.1, 0.15) is 11.1 Å². The number of carbonyl (C=O) groups is 1. The van der Waals surface area contributed by atoms with Crippen molar-refractivity contribution in [3.8, 4) is 0 Å². The molecule has 3 N–H and O–H groups in total. The van der Waals surface area contributed by atoms with Gasteiger partial charge in [-0.05, 0) is 17.5 Å². The van der Waals surface area contributed by atoms with Gasteiger partial charge < -0.3 is 15.4 Å². The van der Waals surface area contributed by atoms with Crippen molar-refractivity contribution < 1.29 is 9.90 Å². The van der Waals surface area contributed by atoms with E-state index in [1.807, 2.05) is 35.9 Å². The standard InChI is InChI=1S/C13H16N4O2S/c1-17-8-15-16-13(17)20-7-10-4-2-3-9(5-10)6-11(14)12(18)19/h2-5,8,11H,6-7,14H2,1H3,(H,18,19). The summed E-state index contributed by atoms with van der Waals surface area (Å²) in [5.74, 6) is -0.230. The van der Waals surface area contributed by atoms with Gasteiger partial charge in [-0.2, -0.15) is 0 Å². The Hall–Kier alpha value is -1.86. The second-order valence-electron chi connectivity index (χ2n) is 4.48. The van der Waals surface area contributed by atoms with Gasteiger partial charge in [-0.1, -0.05) is 36.0 Å². The number of benzene rings is 1. The minimum Gasteiger partial charge on any atom is -0.480 e. The average molecular weight is 292 g/mol. The number of nitrogens with zero attached hydrogens (tertiary/aromatic N) is 3. The van der Waals surface area contributed by atoms with Crippen molar-refractivity contribution in [1.82, 2.24) is 14.8 Å². The first-order valence-corrected chi connectivity index (χ1v) is 7.08. The summed E-state index contributed by atoms with van der Waals surface area (Å²) in [6, 6.07) is 6.91. The summed E-state index contributed by atoms with van der Waals surface area (Å²) in [5, 5.41) is 17.5. The summed E-state index contributed by atoms with van der Waals surface area (Å²) in [6.45, 7) is 0. The van der Waals surface area contributed by atoms with Gasteiger partial charge >= 0.3 is 5.97 Å². The van der Waals surface area contributed by atoms with Gasteiger partial charge in [0.25, 0.3) is 0 Å². The van der Waals surface area contributed by atoms with Gasteiger partial charge in [-0.15, -0.1) is 10.2 Å². The molecule has 0 bridgehead atoms. The third-order valence-corrected chi connectivity index (χ3v) is 3.91. The van der Waals surface area contributed by atoms with E-state index >= 15 is 0 Å². The predicted molar refractivity (Wildman–Crippen MR) is 76.3 cm³/mol. The summed E-state index contributed by atoms with van der Waals surface area (Å²) in [4.78, 5) is 10.8. The number of aryl methyl sites for hydroxylation is 1. The van der Waals surface area contributed by atoms with Crippen LogP contribution in [0.25, 0.3) is 0 Å². The third kappa shape index (κ3) is 3.82.